The summed E-state index contributed by atoms with van der Waals surface area (Å²) in [6.07, 6.45) is 3.50. The van der Waals surface area contributed by atoms with Crippen LogP contribution in [0.5, 0.6) is 0 Å². The molecule has 0 aliphatic rings. The third-order valence-corrected chi connectivity index (χ3v) is 5.26. The Kier molecular flexibility index (Phi) is 5.80. The average molecular weight is 387 g/mol. The van der Waals surface area contributed by atoms with Gasteiger partial charge in [0.1, 0.15) is 5.82 Å². The Balaban J connectivity index is 1.58. The summed E-state index contributed by atoms with van der Waals surface area (Å²) in [4.78, 5) is 29.1. The number of carbonyl (C=O) groups excluding carboxylic acids is 2. The lowest BCUT2D eigenvalue weighted by molar-refractivity contribution is -0.116. The lowest BCUT2D eigenvalue weighted by Gasteiger charge is -2.02. The minimum absolute atomic E-state index is 0.114. The van der Waals surface area contributed by atoms with Gasteiger partial charge in [-0.1, -0.05) is 19.9 Å². The van der Waals surface area contributed by atoms with Gasteiger partial charge in [-0.15, -0.1) is 21.5 Å². The molecule has 9 heteroatoms. The number of aromatic nitrogens is 4. The number of amides is 1. The molecule has 0 saturated carbocycles. The predicted molar refractivity (Wildman–Crippen MR) is 102 cm³/mol. The molecule has 27 heavy (non-hydrogen) atoms. The standard InChI is InChI=1S/C18H21N5O3S/c1-11(2)16-15(17(25)26-3)20-18(27-16)19-14(24)9-6-8-13-22-21-12-7-4-5-10-23(12)13/h4-5,7,10-11H,6,8-9H2,1-3H3,(H,19,20,24). The number of esters is 1. The first-order valence-corrected chi connectivity index (χ1v) is 9.48. The third-order valence-electron chi connectivity index (χ3n) is 3.99. The maximum Gasteiger partial charge on any atom is 0.357 e. The van der Waals surface area contributed by atoms with E-state index in [0.29, 0.717) is 24.4 Å². The lowest BCUT2D eigenvalue weighted by Crippen LogP contribution is -2.12. The van der Waals surface area contributed by atoms with Gasteiger partial charge in [0.2, 0.25) is 5.91 Å². The summed E-state index contributed by atoms with van der Waals surface area (Å²) in [6.45, 7) is 3.93. The Hall–Kier alpha value is -2.81. The highest BCUT2D eigenvalue weighted by molar-refractivity contribution is 7.16. The number of fused-ring (bicyclic) bond motifs is 1. The van der Waals surface area contributed by atoms with Crippen molar-refractivity contribution in [2.45, 2.75) is 39.0 Å². The topological polar surface area (TPSA) is 98.5 Å². The monoisotopic (exact) mass is 387 g/mol. The van der Waals surface area contributed by atoms with Crippen LogP contribution < -0.4 is 5.32 Å². The normalized spacial score (nSPS) is 11.1. The van der Waals surface area contributed by atoms with Crippen LogP contribution in [0.2, 0.25) is 0 Å². The molecule has 0 radical (unpaired) electrons. The highest BCUT2D eigenvalue weighted by Crippen LogP contribution is 2.30. The Morgan fingerprint density at radius 3 is 2.85 bits per heavy atom. The van der Waals surface area contributed by atoms with Gasteiger partial charge in [-0.2, -0.15) is 0 Å². The van der Waals surface area contributed by atoms with Gasteiger partial charge in [0.15, 0.2) is 16.5 Å². The van der Waals surface area contributed by atoms with Crippen molar-refractivity contribution in [2.24, 2.45) is 0 Å². The molecule has 0 fully saturated rings. The smallest absolute Gasteiger partial charge is 0.357 e. The van der Waals surface area contributed by atoms with Crippen LogP contribution in [0.15, 0.2) is 24.4 Å². The zero-order chi connectivity index (χ0) is 19.4. The number of rotatable bonds is 7. The first kappa shape index (κ1) is 19.0. The van der Waals surface area contributed by atoms with E-state index >= 15 is 0 Å². The molecule has 0 spiro atoms. The van der Waals surface area contributed by atoms with Gasteiger partial charge >= 0.3 is 5.97 Å². The van der Waals surface area contributed by atoms with Crippen LogP contribution in [0, 0.1) is 0 Å². The fourth-order valence-electron chi connectivity index (χ4n) is 2.67. The molecule has 0 saturated heterocycles. The Bertz CT molecular complexity index is 963. The number of hydrogen-bond donors (Lipinski definition) is 1. The summed E-state index contributed by atoms with van der Waals surface area (Å²) in [5.74, 6) is 0.296. The molecular formula is C18H21N5O3S. The maximum absolute atomic E-state index is 12.2. The quantitative estimate of drug-likeness (QED) is 0.626. The predicted octanol–water partition coefficient (Wildman–Crippen LogP) is 3.06. The van der Waals surface area contributed by atoms with E-state index in [4.69, 9.17) is 4.74 Å². The van der Waals surface area contributed by atoms with Crippen molar-refractivity contribution in [3.05, 3.63) is 40.8 Å². The van der Waals surface area contributed by atoms with Crippen molar-refractivity contribution < 1.29 is 14.3 Å². The van der Waals surface area contributed by atoms with Crippen molar-refractivity contribution in [3.63, 3.8) is 0 Å². The SMILES string of the molecule is COC(=O)c1nc(NC(=O)CCCc2nnc3ccccn23)sc1C(C)C. The van der Waals surface area contributed by atoms with Crippen LogP contribution in [0.25, 0.3) is 5.65 Å². The molecule has 1 N–H and O–H groups in total. The van der Waals surface area contributed by atoms with Crippen LogP contribution >= 0.6 is 11.3 Å². The van der Waals surface area contributed by atoms with E-state index in [1.165, 1.54) is 18.4 Å². The summed E-state index contributed by atoms with van der Waals surface area (Å²) in [6, 6.07) is 5.71. The number of methoxy groups -OCH3 is 1. The molecule has 0 unspecified atom stereocenters. The minimum Gasteiger partial charge on any atom is -0.464 e. The number of aryl methyl sites for hydroxylation is 1. The van der Waals surface area contributed by atoms with Crippen molar-refractivity contribution >= 4 is 34.0 Å². The summed E-state index contributed by atoms with van der Waals surface area (Å²) in [5.41, 5.74) is 1.05. The molecule has 8 nitrogen and oxygen atoms in total. The Labute approximate surface area is 160 Å². The molecule has 0 aliphatic carbocycles. The Morgan fingerprint density at radius 2 is 2.11 bits per heavy atom. The van der Waals surface area contributed by atoms with Crippen LogP contribution in [0.3, 0.4) is 0 Å². The van der Waals surface area contributed by atoms with Gasteiger partial charge in [-0.05, 0) is 24.5 Å². The summed E-state index contributed by atoms with van der Waals surface area (Å²) < 4.78 is 6.68. The minimum atomic E-state index is -0.492. The fraction of sp³-hybridized carbons (Fsp3) is 0.389. The summed E-state index contributed by atoms with van der Waals surface area (Å²) >= 11 is 1.30. The highest BCUT2D eigenvalue weighted by Gasteiger charge is 2.21. The number of carbonyl (C=O) groups is 2. The molecule has 3 heterocycles. The van der Waals surface area contributed by atoms with Gasteiger partial charge in [0, 0.05) is 23.9 Å². The number of anilines is 1. The van der Waals surface area contributed by atoms with Crippen molar-refractivity contribution in [3.8, 4) is 0 Å². The van der Waals surface area contributed by atoms with Crippen LogP contribution in [-0.4, -0.2) is 38.6 Å². The zero-order valence-corrected chi connectivity index (χ0v) is 16.2. The van der Waals surface area contributed by atoms with E-state index in [0.717, 1.165) is 16.3 Å². The summed E-state index contributed by atoms with van der Waals surface area (Å²) in [5, 5.41) is 11.4. The molecule has 0 aliphatic heterocycles. The van der Waals surface area contributed by atoms with E-state index < -0.39 is 5.97 Å². The van der Waals surface area contributed by atoms with Gasteiger partial charge in [0.25, 0.3) is 0 Å². The number of ether oxygens (including phenoxy) is 1. The van der Waals surface area contributed by atoms with E-state index in [-0.39, 0.29) is 17.5 Å². The number of hydrogen-bond acceptors (Lipinski definition) is 7. The molecule has 0 atom stereocenters. The van der Waals surface area contributed by atoms with Crippen molar-refractivity contribution in [1.29, 1.82) is 0 Å². The van der Waals surface area contributed by atoms with Crippen LogP contribution in [0.4, 0.5) is 5.13 Å². The molecule has 142 valence electrons. The molecule has 0 aromatic carbocycles. The van der Waals surface area contributed by atoms with E-state index in [1.807, 2.05) is 42.6 Å². The second-order valence-corrected chi connectivity index (χ2v) is 7.36. The molecule has 0 bridgehead atoms. The summed E-state index contributed by atoms with van der Waals surface area (Å²) in [7, 11) is 1.32. The Morgan fingerprint density at radius 1 is 1.30 bits per heavy atom. The number of thiazole rings is 1. The molecule has 3 rings (SSSR count). The highest BCUT2D eigenvalue weighted by atomic mass is 32.1. The number of nitrogens with one attached hydrogen (secondary N) is 1. The molecule has 3 aromatic rings. The van der Waals surface area contributed by atoms with E-state index in [9.17, 15) is 9.59 Å². The van der Waals surface area contributed by atoms with E-state index in [2.05, 4.69) is 20.5 Å². The van der Waals surface area contributed by atoms with Crippen LogP contribution in [-0.2, 0) is 16.0 Å². The van der Waals surface area contributed by atoms with Crippen molar-refractivity contribution in [2.75, 3.05) is 12.4 Å². The average Bonchev–Trinajstić information content (AvgIpc) is 3.26. The third kappa shape index (κ3) is 4.30. The van der Waals surface area contributed by atoms with Gasteiger partial charge < -0.3 is 10.1 Å². The lowest BCUT2D eigenvalue weighted by atomic mass is 10.1. The van der Waals surface area contributed by atoms with E-state index in [1.54, 1.807) is 0 Å². The number of nitrogens with zero attached hydrogens (tertiary/aromatic N) is 4. The second-order valence-electron chi connectivity index (χ2n) is 6.32. The van der Waals surface area contributed by atoms with Gasteiger partial charge in [0.05, 0.1) is 7.11 Å². The molecule has 1 amide bonds. The molecule has 3 aromatic heterocycles. The zero-order valence-electron chi connectivity index (χ0n) is 15.4. The largest absolute Gasteiger partial charge is 0.464 e. The number of pyridine rings is 1. The van der Waals surface area contributed by atoms with Crippen LogP contribution in [0.1, 0.15) is 53.8 Å². The van der Waals surface area contributed by atoms with Gasteiger partial charge in [-0.25, -0.2) is 9.78 Å². The molecular weight excluding hydrogens is 366 g/mol. The van der Waals surface area contributed by atoms with Crippen molar-refractivity contribution in [1.82, 2.24) is 19.6 Å². The van der Waals surface area contributed by atoms with Gasteiger partial charge in [-0.3, -0.25) is 9.20 Å². The maximum atomic E-state index is 12.2. The second kappa shape index (κ2) is 8.26. The first-order chi connectivity index (χ1) is 13.0. The fourth-order valence-corrected chi connectivity index (χ4v) is 3.64. The first-order valence-electron chi connectivity index (χ1n) is 8.67.